The molecule has 0 radical (unpaired) electrons. The van der Waals surface area contributed by atoms with E-state index < -0.39 is 0 Å². The van der Waals surface area contributed by atoms with E-state index >= 15 is 0 Å². The second-order valence-electron chi connectivity index (χ2n) is 4.03. The van der Waals surface area contributed by atoms with Gasteiger partial charge in [-0.05, 0) is 35.9 Å². The van der Waals surface area contributed by atoms with Crippen LogP contribution in [-0.4, -0.2) is 18.3 Å². The highest BCUT2D eigenvalue weighted by Crippen LogP contribution is 2.24. The Morgan fingerprint density at radius 3 is 2.67 bits per heavy atom. The molecule has 0 N–H and O–H groups in total. The second kappa shape index (κ2) is 5.78. The van der Waals surface area contributed by atoms with Gasteiger partial charge in [0.15, 0.2) is 6.29 Å². The zero-order valence-corrected chi connectivity index (χ0v) is 11.6. The molecule has 0 aliphatic heterocycles. The smallest absolute Gasteiger partial charge is 0.152 e. The first-order valence-electron chi connectivity index (χ1n) is 5.55. The largest absolute Gasteiger partial charge is 0.370 e. The number of rotatable bonds is 4. The number of aldehydes is 1. The van der Waals surface area contributed by atoms with Crippen molar-refractivity contribution in [2.45, 2.75) is 6.54 Å². The van der Waals surface area contributed by atoms with E-state index in [0.717, 1.165) is 28.6 Å². The van der Waals surface area contributed by atoms with Crippen LogP contribution in [0.25, 0.3) is 0 Å². The lowest BCUT2D eigenvalue weighted by Gasteiger charge is -2.21. The maximum Gasteiger partial charge on any atom is 0.152 e. The van der Waals surface area contributed by atoms with Gasteiger partial charge < -0.3 is 4.90 Å². The Morgan fingerprint density at radius 1 is 1.28 bits per heavy atom. The summed E-state index contributed by atoms with van der Waals surface area (Å²) >= 11 is 3.43. The summed E-state index contributed by atoms with van der Waals surface area (Å²) in [5.41, 5.74) is 2.76. The number of pyridine rings is 1. The van der Waals surface area contributed by atoms with Crippen LogP contribution in [-0.2, 0) is 6.54 Å². The summed E-state index contributed by atoms with van der Waals surface area (Å²) in [5.74, 6) is 0. The number of carbonyl (C=O) groups is 1. The zero-order valence-electron chi connectivity index (χ0n) is 10.0. The van der Waals surface area contributed by atoms with Crippen LogP contribution in [0.2, 0.25) is 0 Å². The fourth-order valence-electron chi connectivity index (χ4n) is 1.79. The highest BCUT2D eigenvalue weighted by atomic mass is 79.9. The Labute approximate surface area is 115 Å². The minimum Gasteiger partial charge on any atom is -0.370 e. The molecule has 1 heterocycles. The molecule has 1 aromatic heterocycles. The number of benzene rings is 1. The summed E-state index contributed by atoms with van der Waals surface area (Å²) in [6.45, 7) is 0.736. The van der Waals surface area contributed by atoms with Gasteiger partial charge in [-0.15, -0.1) is 0 Å². The van der Waals surface area contributed by atoms with E-state index in [1.54, 1.807) is 12.4 Å². The van der Waals surface area contributed by atoms with Crippen molar-refractivity contribution >= 4 is 27.9 Å². The molecular weight excluding hydrogens is 292 g/mol. The van der Waals surface area contributed by atoms with E-state index in [2.05, 4.69) is 20.9 Å². The second-order valence-corrected chi connectivity index (χ2v) is 4.95. The van der Waals surface area contributed by atoms with Crippen molar-refractivity contribution in [3.63, 3.8) is 0 Å². The van der Waals surface area contributed by atoms with Crippen molar-refractivity contribution < 1.29 is 4.79 Å². The van der Waals surface area contributed by atoms with Crippen LogP contribution < -0.4 is 4.90 Å². The lowest BCUT2D eigenvalue weighted by Crippen LogP contribution is -2.18. The minimum absolute atomic E-state index is 0.690. The number of halogens is 1. The average Bonchev–Trinajstić information content (AvgIpc) is 2.40. The van der Waals surface area contributed by atoms with Gasteiger partial charge in [0.1, 0.15) is 0 Å². The lowest BCUT2D eigenvalue weighted by molar-refractivity contribution is 0.112. The molecule has 0 saturated heterocycles. The van der Waals surface area contributed by atoms with Gasteiger partial charge in [-0.3, -0.25) is 9.78 Å². The number of aromatic nitrogens is 1. The summed E-state index contributed by atoms with van der Waals surface area (Å²) in [4.78, 5) is 17.1. The Balaban J connectivity index is 2.25. The molecule has 0 atom stereocenters. The first-order chi connectivity index (χ1) is 8.70. The summed E-state index contributed by atoms with van der Waals surface area (Å²) in [5, 5.41) is 0. The zero-order chi connectivity index (χ0) is 13.0. The van der Waals surface area contributed by atoms with Crippen LogP contribution in [0.5, 0.6) is 0 Å². The molecule has 0 amide bonds. The van der Waals surface area contributed by atoms with E-state index in [0.29, 0.717) is 5.56 Å². The summed E-state index contributed by atoms with van der Waals surface area (Å²) in [6, 6.07) is 9.57. The number of carbonyl (C=O) groups excluding carboxylic acids is 1. The number of hydrogen-bond donors (Lipinski definition) is 0. The maximum atomic E-state index is 11.0. The third-order valence-electron chi connectivity index (χ3n) is 2.70. The molecule has 3 nitrogen and oxygen atoms in total. The van der Waals surface area contributed by atoms with Crippen LogP contribution in [0.15, 0.2) is 47.2 Å². The molecule has 2 aromatic rings. The third kappa shape index (κ3) is 2.96. The Hall–Kier alpha value is -1.68. The van der Waals surface area contributed by atoms with Gasteiger partial charge in [0.2, 0.25) is 0 Å². The van der Waals surface area contributed by atoms with Crippen molar-refractivity contribution in [1.82, 2.24) is 4.98 Å². The van der Waals surface area contributed by atoms with Gasteiger partial charge in [0.05, 0.1) is 0 Å². The number of anilines is 1. The molecule has 92 valence electrons. The summed E-state index contributed by atoms with van der Waals surface area (Å²) in [6.07, 6.45) is 4.42. The minimum atomic E-state index is 0.690. The molecule has 0 saturated carbocycles. The van der Waals surface area contributed by atoms with Crippen LogP contribution in [0.1, 0.15) is 15.9 Å². The molecule has 4 heteroatoms. The molecule has 1 aromatic carbocycles. The first kappa shape index (κ1) is 12.8. The maximum absolute atomic E-state index is 11.0. The van der Waals surface area contributed by atoms with Gasteiger partial charge in [0.25, 0.3) is 0 Å². The molecule has 0 aliphatic carbocycles. The molecule has 18 heavy (non-hydrogen) atoms. The van der Waals surface area contributed by atoms with Gasteiger partial charge in [-0.2, -0.15) is 0 Å². The van der Waals surface area contributed by atoms with E-state index in [9.17, 15) is 4.79 Å². The summed E-state index contributed by atoms with van der Waals surface area (Å²) in [7, 11) is 1.97. The van der Waals surface area contributed by atoms with Crippen molar-refractivity contribution in [1.29, 1.82) is 0 Å². The highest BCUT2D eigenvalue weighted by molar-refractivity contribution is 9.10. The van der Waals surface area contributed by atoms with Crippen LogP contribution >= 0.6 is 15.9 Å². The molecule has 0 fully saturated rings. The van der Waals surface area contributed by atoms with Crippen LogP contribution in [0.3, 0.4) is 0 Å². The van der Waals surface area contributed by atoms with Gasteiger partial charge >= 0.3 is 0 Å². The normalized spacial score (nSPS) is 10.1. The molecule has 0 unspecified atom stereocenters. The van der Waals surface area contributed by atoms with Gasteiger partial charge in [-0.25, -0.2) is 0 Å². The monoisotopic (exact) mass is 304 g/mol. The quantitative estimate of drug-likeness (QED) is 0.813. The SMILES string of the molecule is CN(Cc1ccncc1)c1cc(Br)ccc1C=O. The predicted octanol–water partition coefficient (Wildman–Crippen LogP) is 3.29. The third-order valence-corrected chi connectivity index (χ3v) is 3.19. The Bertz CT molecular complexity index is 543. The van der Waals surface area contributed by atoms with E-state index in [4.69, 9.17) is 0 Å². The highest BCUT2D eigenvalue weighted by Gasteiger charge is 2.08. The molecular formula is C14H13BrN2O. The standard InChI is InChI=1S/C14H13BrN2O/c1-17(9-11-4-6-16-7-5-11)14-8-13(15)3-2-12(14)10-18/h2-8,10H,9H2,1H3. The van der Waals surface area contributed by atoms with Gasteiger partial charge in [0, 0.05) is 41.7 Å². The van der Waals surface area contributed by atoms with Gasteiger partial charge in [-0.1, -0.05) is 15.9 Å². The topological polar surface area (TPSA) is 33.2 Å². The van der Waals surface area contributed by atoms with E-state index in [1.165, 1.54) is 0 Å². The fourth-order valence-corrected chi connectivity index (χ4v) is 2.14. The summed E-state index contributed by atoms with van der Waals surface area (Å²) < 4.78 is 0.963. The molecule has 0 spiro atoms. The van der Waals surface area contributed by atoms with Crippen molar-refractivity contribution in [3.8, 4) is 0 Å². The fraction of sp³-hybridized carbons (Fsp3) is 0.143. The number of nitrogens with zero attached hydrogens (tertiary/aromatic N) is 2. The van der Waals surface area contributed by atoms with Crippen molar-refractivity contribution in [2.75, 3.05) is 11.9 Å². The molecule has 0 aliphatic rings. The van der Waals surface area contributed by atoms with E-state index in [-0.39, 0.29) is 0 Å². The van der Waals surface area contributed by atoms with Crippen molar-refractivity contribution in [2.24, 2.45) is 0 Å². The molecule has 2 rings (SSSR count). The average molecular weight is 305 g/mol. The number of hydrogen-bond acceptors (Lipinski definition) is 3. The molecule has 0 bridgehead atoms. The Kier molecular flexibility index (Phi) is 4.10. The predicted molar refractivity (Wildman–Crippen MR) is 75.9 cm³/mol. The van der Waals surface area contributed by atoms with Crippen molar-refractivity contribution in [3.05, 3.63) is 58.3 Å². The lowest BCUT2D eigenvalue weighted by atomic mass is 10.1. The van der Waals surface area contributed by atoms with Crippen LogP contribution in [0, 0.1) is 0 Å². The van der Waals surface area contributed by atoms with E-state index in [1.807, 2.05) is 42.3 Å². The Morgan fingerprint density at radius 2 is 2.00 bits per heavy atom. The first-order valence-corrected chi connectivity index (χ1v) is 6.35. The van der Waals surface area contributed by atoms with Crippen LogP contribution in [0.4, 0.5) is 5.69 Å².